The van der Waals surface area contributed by atoms with Gasteiger partial charge in [-0.1, -0.05) is 0 Å². The first-order valence-electron chi connectivity index (χ1n) is 7.48. The topological polar surface area (TPSA) is 86.3 Å². The molecule has 2 rings (SSSR count). The van der Waals surface area contributed by atoms with Crippen LogP contribution >= 0.6 is 0 Å². The molecule has 0 aliphatic heterocycles. The van der Waals surface area contributed by atoms with Gasteiger partial charge in [0.05, 0.1) is 34.0 Å². The SMILES string of the molecule is COc1ccc(O)c(CNC(=O)c2ccc(OC)c(OC)c2OC)c1. The molecule has 0 aliphatic rings. The molecule has 7 nitrogen and oxygen atoms in total. The first-order valence-corrected chi connectivity index (χ1v) is 7.48. The summed E-state index contributed by atoms with van der Waals surface area (Å²) in [6.45, 7) is 0.124. The third-order valence-corrected chi connectivity index (χ3v) is 3.67. The molecule has 0 bridgehead atoms. The van der Waals surface area contributed by atoms with Crippen molar-refractivity contribution in [1.82, 2.24) is 5.32 Å². The molecule has 0 fully saturated rings. The largest absolute Gasteiger partial charge is 0.508 e. The smallest absolute Gasteiger partial charge is 0.255 e. The third kappa shape index (κ3) is 3.88. The highest BCUT2D eigenvalue weighted by molar-refractivity contribution is 5.98. The van der Waals surface area contributed by atoms with Crippen LogP contribution in [0.25, 0.3) is 0 Å². The van der Waals surface area contributed by atoms with Gasteiger partial charge in [0, 0.05) is 12.1 Å². The highest BCUT2D eigenvalue weighted by Crippen LogP contribution is 2.39. The van der Waals surface area contributed by atoms with Crippen LogP contribution in [0.2, 0.25) is 0 Å². The van der Waals surface area contributed by atoms with E-state index in [1.807, 2.05) is 0 Å². The molecule has 0 spiro atoms. The number of ether oxygens (including phenoxy) is 4. The summed E-state index contributed by atoms with van der Waals surface area (Å²) in [4.78, 5) is 12.5. The van der Waals surface area contributed by atoms with Crippen molar-refractivity contribution in [2.45, 2.75) is 6.54 Å². The maximum atomic E-state index is 12.5. The predicted octanol–water partition coefficient (Wildman–Crippen LogP) is 2.36. The number of amides is 1. The van der Waals surface area contributed by atoms with E-state index >= 15 is 0 Å². The average Bonchev–Trinajstić information content (AvgIpc) is 2.65. The molecule has 2 aromatic rings. The minimum absolute atomic E-state index is 0.0698. The zero-order valence-corrected chi connectivity index (χ0v) is 14.6. The van der Waals surface area contributed by atoms with Crippen molar-refractivity contribution in [1.29, 1.82) is 0 Å². The second kappa shape index (κ2) is 8.14. The fraction of sp³-hybridized carbons (Fsp3) is 0.278. The fourth-order valence-electron chi connectivity index (χ4n) is 2.38. The Balaban J connectivity index is 2.24. The van der Waals surface area contributed by atoms with E-state index in [0.29, 0.717) is 28.4 Å². The highest BCUT2D eigenvalue weighted by Gasteiger charge is 2.20. The molecule has 0 heterocycles. The Kier molecular flexibility index (Phi) is 5.94. The van der Waals surface area contributed by atoms with E-state index in [2.05, 4.69) is 5.32 Å². The normalized spacial score (nSPS) is 10.1. The van der Waals surface area contributed by atoms with Gasteiger partial charge in [0.15, 0.2) is 11.5 Å². The molecular formula is C18H21NO6. The molecule has 0 unspecified atom stereocenters. The summed E-state index contributed by atoms with van der Waals surface area (Å²) in [5.74, 6) is 1.35. The van der Waals surface area contributed by atoms with Gasteiger partial charge in [-0.2, -0.15) is 0 Å². The molecule has 25 heavy (non-hydrogen) atoms. The van der Waals surface area contributed by atoms with Crippen LogP contribution in [-0.2, 0) is 6.54 Å². The second-order valence-electron chi connectivity index (χ2n) is 5.06. The molecule has 0 atom stereocenters. The molecule has 2 aromatic carbocycles. The number of hydrogen-bond donors (Lipinski definition) is 2. The summed E-state index contributed by atoms with van der Waals surface area (Å²) in [7, 11) is 5.95. The zero-order chi connectivity index (χ0) is 18.4. The zero-order valence-electron chi connectivity index (χ0n) is 14.6. The molecule has 0 saturated heterocycles. The first kappa shape index (κ1) is 18.3. The number of phenols is 1. The van der Waals surface area contributed by atoms with E-state index in [9.17, 15) is 9.90 Å². The van der Waals surface area contributed by atoms with Crippen LogP contribution in [0.15, 0.2) is 30.3 Å². The summed E-state index contributed by atoms with van der Waals surface area (Å²) in [6, 6.07) is 8.01. The summed E-state index contributed by atoms with van der Waals surface area (Å²) in [6.07, 6.45) is 0. The number of methoxy groups -OCH3 is 4. The van der Waals surface area contributed by atoms with Crippen molar-refractivity contribution in [3.63, 3.8) is 0 Å². The molecular weight excluding hydrogens is 326 g/mol. The minimum atomic E-state index is -0.375. The second-order valence-corrected chi connectivity index (χ2v) is 5.06. The van der Waals surface area contributed by atoms with E-state index in [1.54, 1.807) is 24.3 Å². The summed E-state index contributed by atoms with van der Waals surface area (Å²) in [5.41, 5.74) is 0.828. The van der Waals surface area contributed by atoms with Crippen molar-refractivity contribution < 1.29 is 28.8 Å². The maximum Gasteiger partial charge on any atom is 0.255 e. The lowest BCUT2D eigenvalue weighted by Gasteiger charge is -2.15. The lowest BCUT2D eigenvalue weighted by Crippen LogP contribution is -2.23. The molecule has 2 N–H and O–H groups in total. The first-order chi connectivity index (χ1) is 12.0. The van der Waals surface area contributed by atoms with E-state index in [-0.39, 0.29) is 24.0 Å². The summed E-state index contributed by atoms with van der Waals surface area (Å²) in [5, 5.41) is 12.6. The fourth-order valence-corrected chi connectivity index (χ4v) is 2.38. The van der Waals surface area contributed by atoms with Crippen LogP contribution in [0.5, 0.6) is 28.7 Å². The van der Waals surface area contributed by atoms with Crippen LogP contribution in [0.1, 0.15) is 15.9 Å². The number of aromatic hydroxyl groups is 1. The van der Waals surface area contributed by atoms with Gasteiger partial charge in [0.25, 0.3) is 5.91 Å². The Morgan fingerprint density at radius 2 is 1.68 bits per heavy atom. The van der Waals surface area contributed by atoms with Gasteiger partial charge < -0.3 is 29.4 Å². The van der Waals surface area contributed by atoms with Crippen molar-refractivity contribution in [3.8, 4) is 28.7 Å². The molecule has 0 radical (unpaired) electrons. The summed E-state index contributed by atoms with van der Waals surface area (Å²) >= 11 is 0. The van der Waals surface area contributed by atoms with Gasteiger partial charge in [0.2, 0.25) is 5.75 Å². The third-order valence-electron chi connectivity index (χ3n) is 3.67. The van der Waals surface area contributed by atoms with Gasteiger partial charge in [-0.3, -0.25) is 4.79 Å². The molecule has 1 amide bonds. The number of carbonyl (C=O) groups is 1. The van der Waals surface area contributed by atoms with Crippen LogP contribution < -0.4 is 24.3 Å². The average molecular weight is 347 g/mol. The molecule has 0 saturated carbocycles. The number of rotatable bonds is 7. The Morgan fingerprint density at radius 3 is 2.28 bits per heavy atom. The number of nitrogens with one attached hydrogen (secondary N) is 1. The molecule has 0 aromatic heterocycles. The Hall–Kier alpha value is -3.09. The van der Waals surface area contributed by atoms with Crippen molar-refractivity contribution in [2.75, 3.05) is 28.4 Å². The molecule has 0 aliphatic carbocycles. The van der Waals surface area contributed by atoms with Crippen molar-refractivity contribution in [2.24, 2.45) is 0 Å². The number of phenolic OH excluding ortho intramolecular Hbond substituents is 1. The van der Waals surface area contributed by atoms with Gasteiger partial charge in [-0.05, 0) is 30.3 Å². The number of benzene rings is 2. The van der Waals surface area contributed by atoms with Gasteiger partial charge in [-0.15, -0.1) is 0 Å². The number of hydrogen-bond acceptors (Lipinski definition) is 6. The monoisotopic (exact) mass is 347 g/mol. The minimum Gasteiger partial charge on any atom is -0.508 e. The molecule has 134 valence electrons. The number of carbonyl (C=O) groups excluding carboxylic acids is 1. The van der Waals surface area contributed by atoms with Crippen LogP contribution in [-0.4, -0.2) is 39.5 Å². The van der Waals surface area contributed by atoms with Crippen molar-refractivity contribution >= 4 is 5.91 Å². The van der Waals surface area contributed by atoms with Crippen LogP contribution in [0.4, 0.5) is 0 Å². The Bertz CT molecular complexity index is 759. The van der Waals surface area contributed by atoms with Gasteiger partial charge in [-0.25, -0.2) is 0 Å². The maximum absolute atomic E-state index is 12.5. The van der Waals surface area contributed by atoms with Crippen LogP contribution in [0.3, 0.4) is 0 Å². The van der Waals surface area contributed by atoms with Gasteiger partial charge in [0.1, 0.15) is 11.5 Å². The Labute approximate surface area is 146 Å². The Morgan fingerprint density at radius 1 is 0.960 bits per heavy atom. The van der Waals surface area contributed by atoms with E-state index in [1.165, 1.54) is 34.5 Å². The van der Waals surface area contributed by atoms with E-state index in [4.69, 9.17) is 18.9 Å². The van der Waals surface area contributed by atoms with Crippen LogP contribution in [0, 0.1) is 0 Å². The van der Waals surface area contributed by atoms with Gasteiger partial charge >= 0.3 is 0 Å². The summed E-state index contributed by atoms with van der Waals surface area (Å²) < 4.78 is 20.9. The van der Waals surface area contributed by atoms with E-state index in [0.717, 1.165) is 0 Å². The molecule has 7 heteroatoms. The lowest BCUT2D eigenvalue weighted by molar-refractivity contribution is 0.0947. The van der Waals surface area contributed by atoms with Crippen molar-refractivity contribution in [3.05, 3.63) is 41.5 Å². The quantitative estimate of drug-likeness (QED) is 0.800. The highest BCUT2D eigenvalue weighted by atomic mass is 16.5. The standard InChI is InChI=1S/C18H21NO6/c1-22-12-5-7-14(20)11(9-12)10-19-18(21)13-6-8-15(23-2)17(25-4)16(13)24-3/h5-9,20H,10H2,1-4H3,(H,19,21). The lowest BCUT2D eigenvalue weighted by atomic mass is 10.1. The predicted molar refractivity (Wildman–Crippen MR) is 91.9 cm³/mol. The van der Waals surface area contributed by atoms with E-state index < -0.39 is 0 Å².